The van der Waals surface area contributed by atoms with Crippen molar-refractivity contribution in [2.75, 3.05) is 6.61 Å². The zero-order valence-corrected chi connectivity index (χ0v) is 15.4. The number of ether oxygens (including phenoxy) is 1. The van der Waals surface area contributed by atoms with Crippen molar-refractivity contribution in [2.45, 2.75) is 23.0 Å². The van der Waals surface area contributed by atoms with Crippen LogP contribution in [-0.2, 0) is 9.53 Å². The largest absolute Gasteiger partial charge is 0.465 e. The van der Waals surface area contributed by atoms with Crippen LogP contribution < -0.4 is 4.57 Å². The molecule has 2 unspecified atom stereocenters. The van der Waals surface area contributed by atoms with Crippen molar-refractivity contribution in [3.63, 3.8) is 0 Å². The lowest BCUT2D eigenvalue weighted by molar-refractivity contribution is -0.601. The summed E-state index contributed by atoms with van der Waals surface area (Å²) in [5.41, 5.74) is 2.26. The van der Waals surface area contributed by atoms with E-state index in [2.05, 4.69) is 28.8 Å². The minimum absolute atomic E-state index is 0.0196. The van der Waals surface area contributed by atoms with Crippen LogP contribution >= 0.6 is 23.1 Å². The molecule has 0 saturated carbocycles. The van der Waals surface area contributed by atoms with E-state index in [1.807, 2.05) is 48.8 Å². The van der Waals surface area contributed by atoms with Crippen LogP contribution in [0.15, 0.2) is 71.1 Å². The van der Waals surface area contributed by atoms with E-state index in [0.717, 1.165) is 16.3 Å². The minimum Gasteiger partial charge on any atom is -0.465 e. The Balaban J connectivity index is 1.92. The van der Waals surface area contributed by atoms with Crippen LogP contribution in [0.5, 0.6) is 0 Å². The maximum atomic E-state index is 12.9. The maximum absolute atomic E-state index is 12.9. The van der Waals surface area contributed by atoms with Gasteiger partial charge in [-0.05, 0) is 18.6 Å². The molecule has 4 rings (SSSR count). The van der Waals surface area contributed by atoms with Gasteiger partial charge in [-0.2, -0.15) is 4.57 Å². The third-order valence-corrected chi connectivity index (χ3v) is 6.60. The van der Waals surface area contributed by atoms with E-state index in [1.54, 1.807) is 23.1 Å². The summed E-state index contributed by atoms with van der Waals surface area (Å²) in [4.78, 5) is 14.1. The second kappa shape index (κ2) is 7.02. The van der Waals surface area contributed by atoms with Crippen LogP contribution in [0.3, 0.4) is 0 Å². The van der Waals surface area contributed by atoms with Gasteiger partial charge >= 0.3 is 5.97 Å². The molecule has 5 heteroatoms. The van der Waals surface area contributed by atoms with Crippen LogP contribution in [-0.4, -0.2) is 12.6 Å². The summed E-state index contributed by atoms with van der Waals surface area (Å²) < 4.78 is 7.59. The third kappa shape index (κ3) is 2.98. The first-order valence-corrected chi connectivity index (χ1v) is 10.0. The van der Waals surface area contributed by atoms with Gasteiger partial charge in [0.15, 0.2) is 12.1 Å². The molecule has 1 aliphatic rings. The lowest BCUT2D eigenvalue weighted by atomic mass is 9.99. The van der Waals surface area contributed by atoms with Gasteiger partial charge in [0.25, 0.3) is 5.01 Å². The molecule has 1 aliphatic heterocycles. The highest BCUT2D eigenvalue weighted by Crippen LogP contribution is 2.49. The number of esters is 1. The van der Waals surface area contributed by atoms with Crippen molar-refractivity contribution in [1.82, 2.24) is 0 Å². The van der Waals surface area contributed by atoms with Crippen LogP contribution in [0.1, 0.15) is 28.7 Å². The Hall–Kier alpha value is -2.11. The average molecular weight is 369 g/mol. The van der Waals surface area contributed by atoms with E-state index in [4.69, 9.17) is 4.74 Å². The number of hydrogen-bond acceptors (Lipinski definition) is 4. The molecular formula is C20H18NO2S2+. The molecule has 0 aliphatic carbocycles. The highest BCUT2D eigenvalue weighted by atomic mass is 32.2. The molecule has 25 heavy (non-hydrogen) atoms. The number of thioether (sulfide) groups is 1. The number of benzene rings is 2. The van der Waals surface area contributed by atoms with Gasteiger partial charge in [0.1, 0.15) is 0 Å². The van der Waals surface area contributed by atoms with Gasteiger partial charge in [0, 0.05) is 6.07 Å². The van der Waals surface area contributed by atoms with Crippen molar-refractivity contribution >= 4 is 29.1 Å². The number of nitrogens with zero attached hydrogens (tertiary/aromatic N) is 1. The standard InChI is InChI=1S/C20H18NO2S2/c1-2-23-20(22)17-18(14-8-4-3-5-9-14)25-16-11-7-6-10-15(16)21-12-13-24-19(17)21/h3-13,17-18H,2H2,1H3/q+1. The number of aromatic nitrogens is 1. The fraction of sp³-hybridized carbons (Fsp3) is 0.200. The van der Waals surface area contributed by atoms with Crippen LogP contribution in [0.25, 0.3) is 5.69 Å². The van der Waals surface area contributed by atoms with Gasteiger partial charge in [-0.1, -0.05) is 53.8 Å². The number of rotatable bonds is 3. The zero-order chi connectivity index (χ0) is 17.2. The number of carbonyl (C=O) groups is 1. The molecule has 0 spiro atoms. The van der Waals surface area contributed by atoms with Crippen molar-refractivity contribution in [2.24, 2.45) is 0 Å². The predicted octanol–water partition coefficient (Wildman–Crippen LogP) is 4.52. The van der Waals surface area contributed by atoms with Gasteiger partial charge in [-0.15, -0.1) is 11.8 Å². The second-order valence-corrected chi connectivity index (χ2v) is 7.87. The second-order valence-electron chi connectivity index (χ2n) is 5.76. The number of carbonyl (C=O) groups excluding carboxylic acids is 1. The number of fused-ring (bicyclic) bond motifs is 3. The van der Waals surface area contributed by atoms with E-state index >= 15 is 0 Å². The first-order chi connectivity index (χ1) is 12.3. The Morgan fingerprint density at radius 3 is 2.68 bits per heavy atom. The highest BCUT2D eigenvalue weighted by molar-refractivity contribution is 7.99. The molecule has 0 amide bonds. The van der Waals surface area contributed by atoms with Gasteiger partial charge in [0.2, 0.25) is 5.69 Å². The monoisotopic (exact) mass is 368 g/mol. The fourth-order valence-electron chi connectivity index (χ4n) is 3.16. The average Bonchev–Trinajstić information content (AvgIpc) is 3.06. The van der Waals surface area contributed by atoms with Gasteiger partial charge in [-0.25, -0.2) is 0 Å². The third-order valence-electron chi connectivity index (χ3n) is 4.25. The molecule has 1 aromatic heterocycles. The molecule has 0 radical (unpaired) electrons. The number of hydrogen-bond donors (Lipinski definition) is 0. The van der Waals surface area contributed by atoms with Crippen molar-refractivity contribution in [3.05, 3.63) is 76.7 Å². The molecule has 0 saturated heterocycles. The summed E-state index contributed by atoms with van der Waals surface area (Å²) in [5, 5.41) is 3.04. The fourth-order valence-corrected chi connectivity index (χ4v) is 5.61. The molecule has 2 heterocycles. The first-order valence-electron chi connectivity index (χ1n) is 8.26. The van der Waals surface area contributed by atoms with Crippen molar-refractivity contribution in [3.8, 4) is 5.69 Å². The summed E-state index contributed by atoms with van der Waals surface area (Å²) in [6.07, 6.45) is 2.04. The molecule has 3 aromatic rings. The normalized spacial score (nSPS) is 18.8. The summed E-state index contributed by atoms with van der Waals surface area (Å²) in [6.45, 7) is 2.25. The Morgan fingerprint density at radius 2 is 1.88 bits per heavy atom. The van der Waals surface area contributed by atoms with E-state index in [1.165, 1.54) is 4.90 Å². The molecule has 3 nitrogen and oxygen atoms in total. The lowest BCUT2D eigenvalue weighted by Crippen LogP contribution is -2.36. The van der Waals surface area contributed by atoms with Crippen LogP contribution in [0.2, 0.25) is 0 Å². The van der Waals surface area contributed by atoms with E-state index in [0.29, 0.717) is 6.61 Å². The van der Waals surface area contributed by atoms with Gasteiger partial charge in [0.05, 0.1) is 22.1 Å². The quantitative estimate of drug-likeness (QED) is 0.503. The van der Waals surface area contributed by atoms with E-state index < -0.39 is 0 Å². The molecular weight excluding hydrogens is 350 g/mol. The Kier molecular flexibility index (Phi) is 4.59. The zero-order valence-electron chi connectivity index (χ0n) is 13.8. The molecule has 0 fully saturated rings. The highest BCUT2D eigenvalue weighted by Gasteiger charge is 2.44. The van der Waals surface area contributed by atoms with Crippen LogP contribution in [0, 0.1) is 0 Å². The Morgan fingerprint density at radius 1 is 1.12 bits per heavy atom. The number of thiazole rings is 1. The van der Waals surface area contributed by atoms with E-state index in [-0.39, 0.29) is 17.1 Å². The van der Waals surface area contributed by atoms with E-state index in [9.17, 15) is 4.79 Å². The lowest BCUT2D eigenvalue weighted by Gasteiger charge is -2.20. The summed E-state index contributed by atoms with van der Waals surface area (Å²) in [7, 11) is 0. The summed E-state index contributed by atoms with van der Waals surface area (Å²) >= 11 is 3.35. The number of para-hydroxylation sites is 1. The van der Waals surface area contributed by atoms with Gasteiger partial charge < -0.3 is 4.74 Å². The molecule has 0 bridgehead atoms. The smallest absolute Gasteiger partial charge is 0.322 e. The SMILES string of the molecule is CCOC(=O)C1c2scc[n+]2-c2ccccc2SC1c1ccccc1. The molecule has 2 atom stereocenters. The van der Waals surface area contributed by atoms with Crippen LogP contribution in [0.4, 0.5) is 0 Å². The topological polar surface area (TPSA) is 30.2 Å². The molecule has 126 valence electrons. The Bertz CT molecular complexity index is 891. The predicted molar refractivity (Wildman–Crippen MR) is 100 cm³/mol. The van der Waals surface area contributed by atoms with Gasteiger partial charge in [-0.3, -0.25) is 4.79 Å². The molecule has 2 aromatic carbocycles. The summed E-state index contributed by atoms with van der Waals surface area (Å²) in [6, 6.07) is 18.6. The Labute approximate surface area is 155 Å². The van der Waals surface area contributed by atoms with Crippen molar-refractivity contribution in [1.29, 1.82) is 0 Å². The molecule has 0 N–H and O–H groups in total. The summed E-state index contributed by atoms with van der Waals surface area (Å²) in [5.74, 6) is -0.493. The maximum Gasteiger partial charge on any atom is 0.322 e. The first kappa shape index (κ1) is 16.4. The minimum atomic E-state index is -0.334. The van der Waals surface area contributed by atoms with Crippen molar-refractivity contribution < 1.29 is 14.1 Å².